The highest BCUT2D eigenvalue weighted by Crippen LogP contribution is 2.29. The summed E-state index contributed by atoms with van der Waals surface area (Å²) in [5.74, 6) is 2.23. The molecule has 0 atom stereocenters. The van der Waals surface area contributed by atoms with Crippen molar-refractivity contribution in [2.75, 3.05) is 24.8 Å². The Kier molecular flexibility index (Phi) is 6.52. The Morgan fingerprint density at radius 2 is 1.62 bits per heavy atom. The molecule has 1 amide bonds. The van der Waals surface area contributed by atoms with Crippen LogP contribution < -0.4 is 0 Å². The second-order valence-corrected chi connectivity index (χ2v) is 5.42. The van der Waals surface area contributed by atoms with Gasteiger partial charge in [0.2, 0.25) is 5.91 Å². The number of hydrogen-bond acceptors (Lipinski definition) is 1. The van der Waals surface area contributed by atoms with E-state index < -0.39 is 0 Å². The Labute approximate surface area is 108 Å². The van der Waals surface area contributed by atoms with Crippen LogP contribution in [0.4, 0.5) is 0 Å². The van der Waals surface area contributed by atoms with Gasteiger partial charge in [0.1, 0.15) is 0 Å². The normalized spacial score (nSPS) is 25.4. The number of nitrogens with zero attached hydrogens (tertiary/aromatic N) is 1. The highest BCUT2D eigenvalue weighted by molar-refractivity contribution is 6.18. The Morgan fingerprint density at radius 3 is 2.06 bits per heavy atom. The molecule has 0 bridgehead atoms. The van der Waals surface area contributed by atoms with Crippen LogP contribution in [-0.2, 0) is 4.79 Å². The molecule has 0 aliphatic heterocycles. The molecule has 0 saturated heterocycles. The molecule has 1 aliphatic rings. The predicted molar refractivity (Wildman–Crippen MR) is 69.1 cm³/mol. The first kappa shape index (κ1) is 14.1. The molecule has 0 aromatic rings. The molecule has 0 heterocycles. The first-order valence-electron chi connectivity index (χ1n) is 6.09. The standard InChI is InChI=1S/C12H21Cl2NO/c1-10-2-4-11(5-3-10)12(16)15(8-6-13)9-7-14/h10-11H,2-9H2,1H3. The SMILES string of the molecule is CC1CCC(C(=O)N(CCCl)CCCl)CC1. The molecule has 0 aromatic heterocycles. The van der Waals surface area contributed by atoms with Crippen molar-refractivity contribution >= 4 is 29.1 Å². The van der Waals surface area contributed by atoms with E-state index in [1.165, 1.54) is 12.8 Å². The Hall–Kier alpha value is 0.0500. The third-order valence-electron chi connectivity index (χ3n) is 3.39. The van der Waals surface area contributed by atoms with Crippen LogP contribution in [0.15, 0.2) is 0 Å². The van der Waals surface area contributed by atoms with Crippen LogP contribution in [0, 0.1) is 11.8 Å². The molecular formula is C12H21Cl2NO. The summed E-state index contributed by atoms with van der Waals surface area (Å²) in [4.78, 5) is 14.0. The Morgan fingerprint density at radius 1 is 1.12 bits per heavy atom. The highest BCUT2D eigenvalue weighted by Gasteiger charge is 2.27. The zero-order chi connectivity index (χ0) is 12.0. The van der Waals surface area contributed by atoms with Gasteiger partial charge in [-0.1, -0.05) is 6.92 Å². The van der Waals surface area contributed by atoms with Crippen molar-refractivity contribution < 1.29 is 4.79 Å². The zero-order valence-corrected chi connectivity index (χ0v) is 11.4. The summed E-state index contributed by atoms with van der Waals surface area (Å²) >= 11 is 11.4. The Balaban J connectivity index is 2.46. The van der Waals surface area contributed by atoms with Gasteiger partial charge < -0.3 is 4.90 Å². The van der Waals surface area contributed by atoms with Crippen molar-refractivity contribution in [3.63, 3.8) is 0 Å². The summed E-state index contributed by atoms with van der Waals surface area (Å²) in [6.45, 7) is 3.51. The summed E-state index contributed by atoms with van der Waals surface area (Å²) < 4.78 is 0. The van der Waals surface area contributed by atoms with Crippen molar-refractivity contribution in [1.82, 2.24) is 4.90 Å². The maximum Gasteiger partial charge on any atom is 0.225 e. The molecule has 0 spiro atoms. The molecular weight excluding hydrogens is 245 g/mol. The molecule has 0 N–H and O–H groups in total. The first-order chi connectivity index (χ1) is 7.69. The third kappa shape index (κ3) is 4.14. The van der Waals surface area contributed by atoms with Crippen LogP contribution in [-0.4, -0.2) is 35.7 Å². The second-order valence-electron chi connectivity index (χ2n) is 4.66. The molecule has 94 valence electrons. The molecule has 1 saturated carbocycles. The number of rotatable bonds is 5. The summed E-state index contributed by atoms with van der Waals surface area (Å²) in [5, 5.41) is 0. The van der Waals surface area contributed by atoms with Crippen molar-refractivity contribution in [2.45, 2.75) is 32.6 Å². The van der Waals surface area contributed by atoms with Gasteiger partial charge in [0.05, 0.1) is 0 Å². The predicted octanol–water partition coefficient (Wildman–Crippen LogP) is 3.12. The quantitative estimate of drug-likeness (QED) is 0.700. The van der Waals surface area contributed by atoms with Crippen LogP contribution in [0.25, 0.3) is 0 Å². The van der Waals surface area contributed by atoms with E-state index in [1.54, 1.807) is 0 Å². The summed E-state index contributed by atoms with van der Waals surface area (Å²) in [6, 6.07) is 0. The van der Waals surface area contributed by atoms with Gasteiger partial charge in [-0.25, -0.2) is 0 Å². The minimum atomic E-state index is 0.211. The van der Waals surface area contributed by atoms with E-state index in [1.807, 2.05) is 4.90 Å². The number of alkyl halides is 2. The largest absolute Gasteiger partial charge is 0.340 e. The van der Waals surface area contributed by atoms with E-state index in [4.69, 9.17) is 23.2 Å². The lowest BCUT2D eigenvalue weighted by Crippen LogP contribution is -2.39. The van der Waals surface area contributed by atoms with Crippen molar-refractivity contribution in [2.24, 2.45) is 11.8 Å². The van der Waals surface area contributed by atoms with Crippen molar-refractivity contribution in [3.8, 4) is 0 Å². The van der Waals surface area contributed by atoms with Gasteiger partial charge in [-0.05, 0) is 31.6 Å². The van der Waals surface area contributed by atoms with Gasteiger partial charge in [-0.3, -0.25) is 4.79 Å². The fraction of sp³-hybridized carbons (Fsp3) is 0.917. The maximum atomic E-state index is 12.2. The molecule has 0 radical (unpaired) electrons. The van der Waals surface area contributed by atoms with E-state index in [9.17, 15) is 4.79 Å². The average Bonchev–Trinajstić information content (AvgIpc) is 2.29. The summed E-state index contributed by atoms with van der Waals surface area (Å²) in [7, 11) is 0. The highest BCUT2D eigenvalue weighted by atomic mass is 35.5. The van der Waals surface area contributed by atoms with Gasteiger partial charge in [-0.2, -0.15) is 0 Å². The van der Waals surface area contributed by atoms with Crippen LogP contribution in [0.3, 0.4) is 0 Å². The van der Waals surface area contributed by atoms with Crippen molar-refractivity contribution in [1.29, 1.82) is 0 Å². The van der Waals surface area contributed by atoms with Gasteiger partial charge in [0.15, 0.2) is 0 Å². The van der Waals surface area contributed by atoms with E-state index in [-0.39, 0.29) is 11.8 Å². The fourth-order valence-electron chi connectivity index (χ4n) is 2.30. The lowest BCUT2D eigenvalue weighted by Gasteiger charge is -2.30. The number of amides is 1. The molecule has 1 aliphatic carbocycles. The fourth-order valence-corrected chi connectivity index (χ4v) is 2.71. The van der Waals surface area contributed by atoms with Gasteiger partial charge in [0.25, 0.3) is 0 Å². The average molecular weight is 266 g/mol. The molecule has 0 aromatic carbocycles. The van der Waals surface area contributed by atoms with Gasteiger partial charge >= 0.3 is 0 Å². The van der Waals surface area contributed by atoms with E-state index >= 15 is 0 Å². The summed E-state index contributed by atoms with van der Waals surface area (Å²) in [5.41, 5.74) is 0. The lowest BCUT2D eigenvalue weighted by molar-refractivity contribution is -0.136. The Bertz CT molecular complexity index is 209. The first-order valence-corrected chi connectivity index (χ1v) is 7.16. The third-order valence-corrected chi connectivity index (χ3v) is 3.72. The van der Waals surface area contributed by atoms with Crippen molar-refractivity contribution in [3.05, 3.63) is 0 Å². The van der Waals surface area contributed by atoms with Crippen LogP contribution >= 0.6 is 23.2 Å². The minimum Gasteiger partial charge on any atom is -0.340 e. The zero-order valence-electron chi connectivity index (χ0n) is 9.92. The minimum absolute atomic E-state index is 0.211. The molecule has 0 unspecified atom stereocenters. The van der Waals surface area contributed by atoms with E-state index in [0.717, 1.165) is 18.8 Å². The van der Waals surface area contributed by atoms with Gasteiger partial charge in [-0.15, -0.1) is 23.2 Å². The van der Waals surface area contributed by atoms with Crippen LogP contribution in [0.2, 0.25) is 0 Å². The van der Waals surface area contributed by atoms with E-state index in [2.05, 4.69) is 6.92 Å². The molecule has 1 fully saturated rings. The number of halogens is 2. The van der Waals surface area contributed by atoms with Crippen LogP contribution in [0.5, 0.6) is 0 Å². The van der Waals surface area contributed by atoms with Gasteiger partial charge in [0, 0.05) is 30.8 Å². The molecule has 1 rings (SSSR count). The lowest BCUT2D eigenvalue weighted by atomic mass is 9.82. The molecule has 2 nitrogen and oxygen atoms in total. The maximum absolute atomic E-state index is 12.2. The van der Waals surface area contributed by atoms with E-state index in [0.29, 0.717) is 24.8 Å². The number of carbonyl (C=O) groups excluding carboxylic acids is 1. The number of carbonyl (C=O) groups is 1. The topological polar surface area (TPSA) is 20.3 Å². The van der Waals surface area contributed by atoms with Crippen LogP contribution in [0.1, 0.15) is 32.6 Å². The smallest absolute Gasteiger partial charge is 0.225 e. The molecule has 16 heavy (non-hydrogen) atoms. The number of hydrogen-bond donors (Lipinski definition) is 0. The second kappa shape index (κ2) is 7.39. The summed E-state index contributed by atoms with van der Waals surface area (Å²) in [6.07, 6.45) is 4.40. The molecule has 4 heteroatoms. The monoisotopic (exact) mass is 265 g/mol.